The predicted molar refractivity (Wildman–Crippen MR) is 89.2 cm³/mol. The molecule has 0 spiro atoms. The first-order valence-corrected chi connectivity index (χ1v) is 7.65. The molecule has 114 valence electrons. The van der Waals surface area contributed by atoms with Gasteiger partial charge in [0.25, 0.3) is 5.91 Å². The lowest BCUT2D eigenvalue weighted by Crippen LogP contribution is -2.20. The lowest BCUT2D eigenvalue weighted by Gasteiger charge is -2.12. The molecule has 0 unspecified atom stereocenters. The standard InChI is InChI=1S/C18H16N4O/c23-18(14-3-1-7-20-11-14)22-12-15(13-5-9-19-10-6-13)17-16(22)4-2-8-21-17/h1-5,7-8,11-12,19H,6,9-10H2. The molecule has 1 aliphatic heterocycles. The molecule has 0 fully saturated rings. The first-order valence-electron chi connectivity index (χ1n) is 7.65. The van der Waals surface area contributed by atoms with E-state index >= 15 is 0 Å². The second kappa shape index (κ2) is 5.78. The van der Waals surface area contributed by atoms with Gasteiger partial charge in [0, 0.05) is 36.9 Å². The average molecular weight is 304 g/mol. The molecule has 0 atom stereocenters. The van der Waals surface area contributed by atoms with Crippen molar-refractivity contribution in [1.82, 2.24) is 19.9 Å². The van der Waals surface area contributed by atoms with Crippen molar-refractivity contribution in [1.29, 1.82) is 0 Å². The van der Waals surface area contributed by atoms with E-state index in [0.29, 0.717) is 5.56 Å². The Bertz CT molecular complexity index is 896. The van der Waals surface area contributed by atoms with Crippen LogP contribution in [0.25, 0.3) is 16.6 Å². The van der Waals surface area contributed by atoms with Gasteiger partial charge in [-0.2, -0.15) is 0 Å². The highest BCUT2D eigenvalue weighted by molar-refractivity contribution is 6.04. The van der Waals surface area contributed by atoms with E-state index in [4.69, 9.17) is 0 Å². The van der Waals surface area contributed by atoms with E-state index in [0.717, 1.165) is 36.1 Å². The van der Waals surface area contributed by atoms with Crippen LogP contribution in [-0.4, -0.2) is 33.5 Å². The first kappa shape index (κ1) is 13.8. The summed E-state index contributed by atoms with van der Waals surface area (Å²) in [6, 6.07) is 7.34. The number of rotatable bonds is 2. The van der Waals surface area contributed by atoms with Crippen molar-refractivity contribution >= 4 is 22.5 Å². The van der Waals surface area contributed by atoms with Crippen LogP contribution in [0.5, 0.6) is 0 Å². The molecule has 23 heavy (non-hydrogen) atoms. The smallest absolute Gasteiger partial charge is 0.263 e. The van der Waals surface area contributed by atoms with Gasteiger partial charge in [0.2, 0.25) is 0 Å². The van der Waals surface area contributed by atoms with Crippen LogP contribution < -0.4 is 5.32 Å². The monoisotopic (exact) mass is 304 g/mol. The molecular weight excluding hydrogens is 288 g/mol. The molecule has 3 aromatic rings. The Kier molecular flexibility index (Phi) is 3.48. The third-order valence-electron chi connectivity index (χ3n) is 4.10. The number of aromatic nitrogens is 3. The third-order valence-corrected chi connectivity index (χ3v) is 4.10. The lowest BCUT2D eigenvalue weighted by atomic mass is 10.0. The zero-order valence-corrected chi connectivity index (χ0v) is 12.6. The van der Waals surface area contributed by atoms with E-state index in [1.165, 1.54) is 5.57 Å². The molecule has 3 aromatic heterocycles. The molecule has 4 rings (SSSR count). The van der Waals surface area contributed by atoms with E-state index in [9.17, 15) is 4.79 Å². The number of carbonyl (C=O) groups is 1. The van der Waals surface area contributed by atoms with Crippen LogP contribution in [-0.2, 0) is 0 Å². The molecule has 0 saturated carbocycles. The summed E-state index contributed by atoms with van der Waals surface area (Å²) in [5.41, 5.74) is 4.55. The minimum atomic E-state index is -0.0862. The summed E-state index contributed by atoms with van der Waals surface area (Å²) >= 11 is 0. The van der Waals surface area contributed by atoms with Gasteiger partial charge in [-0.1, -0.05) is 6.08 Å². The first-order chi connectivity index (χ1) is 11.3. The van der Waals surface area contributed by atoms with Gasteiger partial charge in [-0.05, 0) is 42.8 Å². The van der Waals surface area contributed by atoms with Crippen molar-refractivity contribution in [3.8, 4) is 0 Å². The van der Waals surface area contributed by atoms with Gasteiger partial charge in [0.15, 0.2) is 0 Å². The quantitative estimate of drug-likeness (QED) is 0.790. The SMILES string of the molecule is O=C(c1cccnc1)n1cc(C2=CCNCC2)c2ncccc21. The summed E-state index contributed by atoms with van der Waals surface area (Å²) in [4.78, 5) is 21.4. The van der Waals surface area contributed by atoms with Crippen molar-refractivity contribution in [3.63, 3.8) is 0 Å². The normalized spacial score (nSPS) is 14.7. The summed E-state index contributed by atoms with van der Waals surface area (Å²) in [7, 11) is 0. The zero-order valence-electron chi connectivity index (χ0n) is 12.6. The Morgan fingerprint density at radius 1 is 1.22 bits per heavy atom. The molecule has 0 radical (unpaired) electrons. The van der Waals surface area contributed by atoms with Gasteiger partial charge < -0.3 is 5.32 Å². The number of nitrogens with one attached hydrogen (secondary N) is 1. The van der Waals surface area contributed by atoms with Gasteiger partial charge in [0.05, 0.1) is 16.6 Å². The second-order valence-corrected chi connectivity index (χ2v) is 5.51. The highest BCUT2D eigenvalue weighted by Crippen LogP contribution is 2.28. The molecule has 4 heterocycles. The maximum Gasteiger partial charge on any atom is 0.263 e. The maximum absolute atomic E-state index is 12.8. The van der Waals surface area contributed by atoms with E-state index < -0.39 is 0 Å². The molecule has 5 nitrogen and oxygen atoms in total. The minimum Gasteiger partial charge on any atom is -0.313 e. The van der Waals surface area contributed by atoms with Crippen LogP contribution in [0, 0.1) is 0 Å². The lowest BCUT2D eigenvalue weighted by molar-refractivity contribution is 0.0964. The van der Waals surface area contributed by atoms with Crippen molar-refractivity contribution in [2.24, 2.45) is 0 Å². The molecule has 1 aliphatic rings. The zero-order chi connectivity index (χ0) is 15.6. The van der Waals surface area contributed by atoms with Crippen LogP contribution >= 0.6 is 0 Å². The molecule has 0 amide bonds. The highest BCUT2D eigenvalue weighted by atomic mass is 16.2. The fourth-order valence-corrected chi connectivity index (χ4v) is 2.96. The van der Waals surface area contributed by atoms with E-state index in [1.54, 1.807) is 35.3 Å². The number of hydrogen-bond acceptors (Lipinski definition) is 4. The summed E-state index contributed by atoms with van der Waals surface area (Å²) in [6.07, 6.45) is 10.0. The van der Waals surface area contributed by atoms with E-state index in [1.807, 2.05) is 18.3 Å². The Hall–Kier alpha value is -2.79. The Labute approximate surface area is 133 Å². The fraction of sp³-hybridized carbons (Fsp3) is 0.167. The number of nitrogens with zero attached hydrogens (tertiary/aromatic N) is 3. The highest BCUT2D eigenvalue weighted by Gasteiger charge is 2.18. The Morgan fingerprint density at radius 3 is 2.91 bits per heavy atom. The van der Waals surface area contributed by atoms with Crippen molar-refractivity contribution in [2.45, 2.75) is 6.42 Å². The molecule has 0 saturated heterocycles. The van der Waals surface area contributed by atoms with Gasteiger partial charge in [0.1, 0.15) is 0 Å². The number of pyridine rings is 2. The van der Waals surface area contributed by atoms with Crippen molar-refractivity contribution in [3.05, 3.63) is 66.3 Å². The van der Waals surface area contributed by atoms with Crippen molar-refractivity contribution < 1.29 is 4.79 Å². The van der Waals surface area contributed by atoms with Crippen LogP contribution in [0.3, 0.4) is 0 Å². The van der Waals surface area contributed by atoms with Gasteiger partial charge in [-0.15, -0.1) is 0 Å². The topological polar surface area (TPSA) is 59.8 Å². The van der Waals surface area contributed by atoms with E-state index in [-0.39, 0.29) is 5.91 Å². The number of fused-ring (bicyclic) bond motifs is 1. The van der Waals surface area contributed by atoms with Crippen LogP contribution in [0.1, 0.15) is 22.3 Å². The van der Waals surface area contributed by atoms with Crippen LogP contribution in [0.15, 0.2) is 55.1 Å². The molecule has 5 heteroatoms. The maximum atomic E-state index is 12.8. The molecule has 0 bridgehead atoms. The predicted octanol–water partition coefficient (Wildman–Crippen LogP) is 2.50. The van der Waals surface area contributed by atoms with Crippen LogP contribution in [0.4, 0.5) is 0 Å². The Balaban J connectivity index is 1.88. The summed E-state index contributed by atoms with van der Waals surface area (Å²) in [5.74, 6) is -0.0862. The Morgan fingerprint density at radius 2 is 2.13 bits per heavy atom. The third kappa shape index (κ3) is 2.45. The van der Waals surface area contributed by atoms with Gasteiger partial charge >= 0.3 is 0 Å². The average Bonchev–Trinajstić information content (AvgIpc) is 3.02. The molecule has 0 aromatic carbocycles. The molecular formula is C18H16N4O. The number of hydrogen-bond donors (Lipinski definition) is 1. The molecule has 0 aliphatic carbocycles. The van der Waals surface area contributed by atoms with E-state index in [2.05, 4.69) is 21.4 Å². The summed E-state index contributed by atoms with van der Waals surface area (Å²) < 4.78 is 1.68. The largest absolute Gasteiger partial charge is 0.313 e. The van der Waals surface area contributed by atoms with Crippen LogP contribution in [0.2, 0.25) is 0 Å². The second-order valence-electron chi connectivity index (χ2n) is 5.51. The number of carbonyl (C=O) groups excluding carboxylic acids is 1. The van der Waals surface area contributed by atoms with Gasteiger partial charge in [-0.25, -0.2) is 0 Å². The summed E-state index contributed by atoms with van der Waals surface area (Å²) in [5, 5.41) is 3.31. The molecule has 1 N–H and O–H groups in total. The van der Waals surface area contributed by atoms with Gasteiger partial charge in [-0.3, -0.25) is 19.3 Å². The summed E-state index contributed by atoms with van der Waals surface area (Å²) in [6.45, 7) is 1.80. The minimum absolute atomic E-state index is 0.0862. The van der Waals surface area contributed by atoms with Crippen molar-refractivity contribution in [2.75, 3.05) is 13.1 Å². The fourth-order valence-electron chi connectivity index (χ4n) is 2.96.